The molecule has 88 valence electrons. The average Bonchev–Trinajstić information content (AvgIpc) is 2.87. The molecule has 0 aliphatic heterocycles. The molecule has 6 nitrogen and oxygen atoms in total. The lowest BCUT2D eigenvalue weighted by Gasteiger charge is -2.13. The Labute approximate surface area is 96.6 Å². The van der Waals surface area contributed by atoms with Crippen LogP contribution in [0.15, 0.2) is 12.1 Å². The van der Waals surface area contributed by atoms with Crippen molar-refractivity contribution in [2.75, 3.05) is 0 Å². The van der Waals surface area contributed by atoms with E-state index in [0.717, 1.165) is 30.4 Å². The summed E-state index contributed by atoms with van der Waals surface area (Å²) in [5.74, 6) is 0.740. The minimum Gasteiger partial charge on any atom is -0.258 e. The van der Waals surface area contributed by atoms with Gasteiger partial charge in [-0.1, -0.05) is 0 Å². The summed E-state index contributed by atoms with van der Waals surface area (Å²) in [6, 6.07) is 2.83. The lowest BCUT2D eigenvalue weighted by atomic mass is 9.91. The van der Waals surface area contributed by atoms with Crippen molar-refractivity contribution in [2.45, 2.75) is 31.1 Å². The second kappa shape index (κ2) is 3.26. The van der Waals surface area contributed by atoms with E-state index in [1.54, 1.807) is 0 Å². The number of fused-ring (bicyclic) bond motifs is 5. The largest absolute Gasteiger partial charge is 0.346 e. The molecule has 0 spiro atoms. The first-order chi connectivity index (χ1) is 8.08. The van der Waals surface area contributed by atoms with Crippen molar-refractivity contribution < 1.29 is 9.85 Å². The van der Waals surface area contributed by atoms with Crippen molar-refractivity contribution in [3.8, 4) is 0 Å². The van der Waals surface area contributed by atoms with Crippen LogP contribution in [0.3, 0.4) is 0 Å². The lowest BCUT2D eigenvalue weighted by molar-refractivity contribution is -0.422. The Morgan fingerprint density at radius 1 is 0.941 bits per heavy atom. The Kier molecular flexibility index (Phi) is 1.95. The smallest absolute Gasteiger partial charge is 0.258 e. The van der Waals surface area contributed by atoms with Gasteiger partial charge in [-0.05, 0) is 42.2 Å². The third-order valence-corrected chi connectivity index (χ3v) is 3.89. The monoisotopic (exact) mass is 234 g/mol. The first kappa shape index (κ1) is 10.2. The van der Waals surface area contributed by atoms with Gasteiger partial charge < -0.3 is 0 Å². The van der Waals surface area contributed by atoms with Crippen molar-refractivity contribution in [3.63, 3.8) is 0 Å². The fourth-order valence-corrected chi connectivity index (χ4v) is 3.16. The van der Waals surface area contributed by atoms with Gasteiger partial charge in [0.1, 0.15) is 0 Å². The molecule has 0 aromatic heterocycles. The summed E-state index contributed by atoms with van der Waals surface area (Å²) >= 11 is 0. The summed E-state index contributed by atoms with van der Waals surface area (Å²) in [4.78, 5) is 20.3. The maximum absolute atomic E-state index is 10.8. The summed E-state index contributed by atoms with van der Waals surface area (Å²) in [5, 5.41) is 21.7. The van der Waals surface area contributed by atoms with Crippen LogP contribution in [0.5, 0.6) is 0 Å². The van der Waals surface area contributed by atoms with Crippen molar-refractivity contribution >= 4 is 11.4 Å². The van der Waals surface area contributed by atoms with E-state index < -0.39 is 9.85 Å². The molecular weight excluding hydrogens is 224 g/mol. The van der Waals surface area contributed by atoms with E-state index in [0.29, 0.717) is 11.8 Å². The highest BCUT2D eigenvalue weighted by Gasteiger charge is 2.40. The predicted molar refractivity (Wildman–Crippen MR) is 59.1 cm³/mol. The fourth-order valence-electron chi connectivity index (χ4n) is 3.16. The van der Waals surface area contributed by atoms with Gasteiger partial charge in [-0.2, -0.15) is 0 Å². The highest BCUT2D eigenvalue weighted by molar-refractivity contribution is 5.60. The van der Waals surface area contributed by atoms with Gasteiger partial charge in [0, 0.05) is 12.1 Å². The van der Waals surface area contributed by atoms with Gasteiger partial charge in [-0.3, -0.25) is 20.2 Å². The molecule has 0 heterocycles. The number of hydrogen-bond acceptors (Lipinski definition) is 4. The molecule has 6 heteroatoms. The van der Waals surface area contributed by atoms with E-state index in [4.69, 9.17) is 0 Å². The molecule has 2 aliphatic carbocycles. The van der Waals surface area contributed by atoms with Gasteiger partial charge in [-0.25, -0.2) is 0 Å². The van der Waals surface area contributed by atoms with E-state index >= 15 is 0 Å². The Hall–Kier alpha value is -1.98. The van der Waals surface area contributed by atoms with Crippen molar-refractivity contribution in [1.29, 1.82) is 0 Å². The Bertz CT molecular complexity index is 494. The van der Waals surface area contributed by atoms with Gasteiger partial charge in [0.05, 0.1) is 9.85 Å². The van der Waals surface area contributed by atoms with E-state index in [1.807, 2.05) is 0 Å². The van der Waals surface area contributed by atoms with Crippen LogP contribution < -0.4 is 0 Å². The normalized spacial score (nSPS) is 24.7. The number of nitrogens with zero attached hydrogens (tertiary/aromatic N) is 2. The predicted octanol–water partition coefficient (Wildman–Crippen LogP) is 2.87. The third-order valence-electron chi connectivity index (χ3n) is 3.89. The molecule has 1 aromatic rings. The number of nitro benzene ring substituents is 2. The molecule has 1 aromatic carbocycles. The number of nitro groups is 2. The zero-order valence-corrected chi connectivity index (χ0v) is 8.96. The first-order valence-electron chi connectivity index (χ1n) is 5.54. The van der Waals surface area contributed by atoms with E-state index in [1.165, 1.54) is 12.1 Å². The number of hydrogen-bond donors (Lipinski definition) is 0. The van der Waals surface area contributed by atoms with E-state index in [9.17, 15) is 20.2 Å². The van der Waals surface area contributed by atoms with Crippen LogP contribution >= 0.6 is 0 Å². The Morgan fingerprint density at radius 3 is 1.71 bits per heavy atom. The summed E-state index contributed by atoms with van der Waals surface area (Å²) in [7, 11) is 0. The van der Waals surface area contributed by atoms with Crippen molar-refractivity contribution in [2.24, 2.45) is 0 Å². The highest BCUT2D eigenvalue weighted by Crippen LogP contribution is 2.54. The van der Waals surface area contributed by atoms with Gasteiger partial charge >= 0.3 is 11.4 Å². The maximum Gasteiger partial charge on any atom is 0.346 e. The minimum absolute atomic E-state index is 0.370. The summed E-state index contributed by atoms with van der Waals surface area (Å²) in [5.41, 5.74) is 1.17. The van der Waals surface area contributed by atoms with Crippen LogP contribution in [0.4, 0.5) is 11.4 Å². The summed E-state index contributed by atoms with van der Waals surface area (Å²) in [6.45, 7) is 0. The topological polar surface area (TPSA) is 86.3 Å². The highest BCUT2D eigenvalue weighted by atomic mass is 16.6. The minimum atomic E-state index is -0.662. The molecular formula is C11H10N2O4. The molecule has 3 rings (SSSR count). The standard InChI is InChI=1S/C11H10N2O4/c14-12(15)10-4-8-6-1-2-7(3-6)9(8)5-11(10)13(16)17/h4-7H,1-3H2/t6-,7-/m0/s1. The average molecular weight is 234 g/mol. The molecule has 1 saturated carbocycles. The van der Waals surface area contributed by atoms with Crippen LogP contribution in [0.1, 0.15) is 42.2 Å². The zero-order chi connectivity index (χ0) is 12.2. The van der Waals surface area contributed by atoms with E-state index in [2.05, 4.69) is 0 Å². The van der Waals surface area contributed by atoms with Crippen LogP contribution in [0.25, 0.3) is 0 Å². The SMILES string of the molecule is O=[N+]([O-])c1cc2c(cc1[N+](=O)[O-])[C@H]1CC[C@H]2C1. The fraction of sp³-hybridized carbons (Fsp3) is 0.455. The van der Waals surface area contributed by atoms with Gasteiger partial charge in [0.2, 0.25) is 0 Å². The third kappa shape index (κ3) is 1.33. The van der Waals surface area contributed by atoms with Crippen LogP contribution in [0.2, 0.25) is 0 Å². The number of benzene rings is 1. The maximum atomic E-state index is 10.8. The first-order valence-corrected chi connectivity index (χ1v) is 5.54. The molecule has 0 amide bonds. The van der Waals surface area contributed by atoms with Crippen LogP contribution in [-0.2, 0) is 0 Å². The Morgan fingerprint density at radius 2 is 1.35 bits per heavy atom. The Balaban J connectivity index is 2.21. The molecule has 2 aliphatic rings. The quantitative estimate of drug-likeness (QED) is 0.581. The molecule has 17 heavy (non-hydrogen) atoms. The number of rotatable bonds is 2. The second-order valence-electron chi connectivity index (χ2n) is 4.69. The molecule has 0 radical (unpaired) electrons. The summed E-state index contributed by atoms with van der Waals surface area (Å²) in [6.07, 6.45) is 3.09. The molecule has 2 bridgehead atoms. The molecule has 0 unspecified atom stereocenters. The van der Waals surface area contributed by atoms with E-state index in [-0.39, 0.29) is 11.4 Å². The lowest BCUT2D eigenvalue weighted by Crippen LogP contribution is -2.03. The molecule has 0 saturated heterocycles. The van der Waals surface area contributed by atoms with Crippen LogP contribution in [0, 0.1) is 20.2 Å². The van der Waals surface area contributed by atoms with Gasteiger partial charge in [0.15, 0.2) is 0 Å². The summed E-state index contributed by atoms with van der Waals surface area (Å²) < 4.78 is 0. The molecule has 2 atom stereocenters. The van der Waals surface area contributed by atoms with Gasteiger partial charge in [-0.15, -0.1) is 0 Å². The van der Waals surface area contributed by atoms with Crippen LogP contribution in [-0.4, -0.2) is 9.85 Å². The van der Waals surface area contributed by atoms with Gasteiger partial charge in [0.25, 0.3) is 0 Å². The molecule has 1 fully saturated rings. The second-order valence-corrected chi connectivity index (χ2v) is 4.69. The molecule has 0 N–H and O–H groups in total. The zero-order valence-electron chi connectivity index (χ0n) is 8.96. The van der Waals surface area contributed by atoms with Crippen molar-refractivity contribution in [1.82, 2.24) is 0 Å². The van der Waals surface area contributed by atoms with Crippen molar-refractivity contribution in [3.05, 3.63) is 43.5 Å².